The number of carbonyl (C=O) groups excluding carboxylic acids is 2. The Hall–Kier alpha value is -3.22. The second-order valence-electron chi connectivity index (χ2n) is 6.75. The maximum Gasteiger partial charge on any atom is 0.244 e. The van der Waals surface area contributed by atoms with Gasteiger partial charge in [-0.1, -0.05) is 23.7 Å². The zero-order chi connectivity index (χ0) is 21.1. The van der Waals surface area contributed by atoms with Crippen LogP contribution in [0.2, 0.25) is 5.02 Å². The highest BCUT2D eigenvalue weighted by Crippen LogP contribution is 2.30. The van der Waals surface area contributed by atoms with Gasteiger partial charge in [0.1, 0.15) is 11.6 Å². The van der Waals surface area contributed by atoms with Crippen molar-refractivity contribution < 1.29 is 9.59 Å². The summed E-state index contributed by atoms with van der Waals surface area (Å²) in [6.45, 7) is 1.67. The number of halogens is 1. The molecule has 0 bridgehead atoms. The van der Waals surface area contributed by atoms with Gasteiger partial charge in [-0.2, -0.15) is 0 Å². The average Bonchev–Trinajstić information content (AvgIpc) is 3.38. The molecule has 1 amide bonds. The normalized spacial score (nSPS) is 10.7. The lowest BCUT2D eigenvalue weighted by Crippen LogP contribution is -2.18. The highest BCUT2D eigenvalue weighted by molar-refractivity contribution is 7.13. The van der Waals surface area contributed by atoms with E-state index in [2.05, 4.69) is 5.32 Å². The van der Waals surface area contributed by atoms with Crippen LogP contribution in [0.3, 0.4) is 0 Å². The largest absolute Gasteiger partial charge is 0.336 e. The number of rotatable bonds is 6. The third-order valence-electron chi connectivity index (χ3n) is 4.58. The van der Waals surface area contributed by atoms with E-state index in [0.29, 0.717) is 16.3 Å². The van der Waals surface area contributed by atoms with E-state index >= 15 is 0 Å². The number of nitrogens with one attached hydrogen (secondary N) is 1. The summed E-state index contributed by atoms with van der Waals surface area (Å²) in [5.74, 6) is -0.163. The number of benzene rings is 2. The van der Waals surface area contributed by atoms with E-state index in [9.17, 15) is 9.59 Å². The molecule has 2 aromatic heterocycles. The molecule has 4 aromatic rings. The standard InChI is InChI=1S/C23H18ClN3O2S/c1-15(28)16-6-10-19(11-7-16)25-22(29)13-27-12-2-3-21(27)23-26-20(14-30-23)17-4-8-18(24)9-5-17/h2-12,14H,13H2,1H3,(H,25,29). The van der Waals surface area contributed by atoms with Gasteiger partial charge in [0.05, 0.1) is 11.4 Å². The van der Waals surface area contributed by atoms with E-state index in [1.165, 1.54) is 18.3 Å². The van der Waals surface area contributed by atoms with Gasteiger partial charge in [0.2, 0.25) is 5.91 Å². The molecule has 0 saturated carbocycles. The fraction of sp³-hybridized carbons (Fsp3) is 0.0870. The first-order chi connectivity index (χ1) is 14.5. The summed E-state index contributed by atoms with van der Waals surface area (Å²) in [6.07, 6.45) is 1.86. The minimum Gasteiger partial charge on any atom is -0.336 e. The monoisotopic (exact) mass is 435 g/mol. The Morgan fingerprint density at radius 1 is 1.07 bits per heavy atom. The maximum absolute atomic E-state index is 12.5. The van der Waals surface area contributed by atoms with Crippen LogP contribution < -0.4 is 5.32 Å². The summed E-state index contributed by atoms with van der Waals surface area (Å²) in [5, 5.41) is 6.38. The molecule has 0 fully saturated rings. The van der Waals surface area contributed by atoms with Gasteiger partial charge in [0.15, 0.2) is 5.78 Å². The summed E-state index contributed by atoms with van der Waals surface area (Å²) in [7, 11) is 0. The smallest absolute Gasteiger partial charge is 0.244 e. The Bertz CT molecular complexity index is 1190. The third-order valence-corrected chi connectivity index (χ3v) is 5.70. The van der Waals surface area contributed by atoms with Crippen LogP contribution in [0.1, 0.15) is 17.3 Å². The van der Waals surface area contributed by atoms with Crippen molar-refractivity contribution in [1.29, 1.82) is 0 Å². The molecule has 5 nitrogen and oxygen atoms in total. The summed E-state index contributed by atoms with van der Waals surface area (Å²) in [4.78, 5) is 28.6. The van der Waals surface area contributed by atoms with Crippen molar-refractivity contribution in [1.82, 2.24) is 9.55 Å². The molecule has 0 aliphatic heterocycles. The van der Waals surface area contributed by atoms with Gasteiger partial charge in [0.25, 0.3) is 0 Å². The predicted molar refractivity (Wildman–Crippen MR) is 121 cm³/mol. The number of ketones is 1. The van der Waals surface area contributed by atoms with Gasteiger partial charge in [0, 0.05) is 33.4 Å². The number of nitrogens with zero attached hydrogens (tertiary/aromatic N) is 2. The van der Waals surface area contributed by atoms with Gasteiger partial charge in [-0.3, -0.25) is 9.59 Å². The van der Waals surface area contributed by atoms with Gasteiger partial charge < -0.3 is 9.88 Å². The van der Waals surface area contributed by atoms with E-state index in [1.807, 2.05) is 52.5 Å². The van der Waals surface area contributed by atoms with E-state index in [-0.39, 0.29) is 18.2 Å². The first kappa shape index (κ1) is 20.1. The molecule has 150 valence electrons. The molecule has 7 heteroatoms. The lowest BCUT2D eigenvalue weighted by atomic mass is 10.1. The Balaban J connectivity index is 1.47. The molecule has 1 N–H and O–H groups in total. The molecule has 2 aromatic carbocycles. The molecule has 0 aliphatic carbocycles. The lowest BCUT2D eigenvalue weighted by molar-refractivity contribution is -0.116. The van der Waals surface area contributed by atoms with Crippen LogP contribution in [0.15, 0.2) is 72.2 Å². The fourth-order valence-corrected chi connectivity index (χ4v) is 4.03. The zero-order valence-electron chi connectivity index (χ0n) is 16.1. The SMILES string of the molecule is CC(=O)c1ccc(NC(=O)Cn2cccc2-c2nc(-c3ccc(Cl)cc3)cs2)cc1. The molecule has 30 heavy (non-hydrogen) atoms. The van der Waals surface area contributed by atoms with Crippen LogP contribution in [0.4, 0.5) is 5.69 Å². The summed E-state index contributed by atoms with van der Waals surface area (Å²) in [5.41, 5.74) is 4.00. The number of hydrogen-bond donors (Lipinski definition) is 1. The second-order valence-corrected chi connectivity index (χ2v) is 8.04. The average molecular weight is 436 g/mol. The summed E-state index contributed by atoms with van der Waals surface area (Å²) >= 11 is 7.49. The van der Waals surface area contributed by atoms with Crippen molar-refractivity contribution in [3.05, 3.63) is 82.8 Å². The van der Waals surface area contributed by atoms with Crippen LogP contribution in [-0.2, 0) is 11.3 Å². The van der Waals surface area contributed by atoms with Gasteiger partial charge in [-0.25, -0.2) is 4.98 Å². The second kappa shape index (κ2) is 8.65. The third kappa shape index (κ3) is 4.50. The molecular weight excluding hydrogens is 418 g/mol. The number of aromatic nitrogens is 2. The van der Waals surface area contributed by atoms with Crippen molar-refractivity contribution in [2.75, 3.05) is 5.32 Å². The maximum atomic E-state index is 12.5. The van der Waals surface area contributed by atoms with Crippen molar-refractivity contribution in [3.8, 4) is 22.0 Å². The van der Waals surface area contributed by atoms with Crippen LogP contribution in [-0.4, -0.2) is 21.2 Å². The Morgan fingerprint density at radius 3 is 2.50 bits per heavy atom. The molecule has 4 rings (SSSR count). The van der Waals surface area contributed by atoms with Crippen LogP contribution in [0.25, 0.3) is 22.0 Å². The lowest BCUT2D eigenvalue weighted by Gasteiger charge is -2.09. The molecular formula is C23H18ClN3O2S. The number of Topliss-reactive ketones (excluding diaryl/α,β-unsaturated/α-hetero) is 1. The van der Waals surface area contributed by atoms with Crippen LogP contribution in [0.5, 0.6) is 0 Å². The number of carbonyl (C=O) groups is 2. The van der Waals surface area contributed by atoms with E-state index in [4.69, 9.17) is 16.6 Å². The molecule has 0 saturated heterocycles. The van der Waals surface area contributed by atoms with E-state index in [1.54, 1.807) is 24.3 Å². The Morgan fingerprint density at radius 2 is 1.80 bits per heavy atom. The molecule has 0 spiro atoms. The minimum absolute atomic E-state index is 0.00808. The van der Waals surface area contributed by atoms with Crippen LogP contribution >= 0.6 is 22.9 Å². The summed E-state index contributed by atoms with van der Waals surface area (Å²) < 4.78 is 1.86. The highest BCUT2D eigenvalue weighted by Gasteiger charge is 2.13. The molecule has 2 heterocycles. The Labute approximate surface area is 183 Å². The van der Waals surface area contributed by atoms with Crippen molar-refractivity contribution in [3.63, 3.8) is 0 Å². The highest BCUT2D eigenvalue weighted by atomic mass is 35.5. The zero-order valence-corrected chi connectivity index (χ0v) is 17.7. The molecule has 0 unspecified atom stereocenters. The number of amides is 1. The first-order valence-corrected chi connectivity index (χ1v) is 10.5. The van der Waals surface area contributed by atoms with Crippen molar-refractivity contribution >= 4 is 40.3 Å². The number of hydrogen-bond acceptors (Lipinski definition) is 4. The minimum atomic E-state index is -0.155. The summed E-state index contributed by atoms with van der Waals surface area (Å²) in [6, 6.07) is 18.2. The van der Waals surface area contributed by atoms with Gasteiger partial charge in [-0.05, 0) is 55.5 Å². The predicted octanol–water partition coefficient (Wildman–Crippen LogP) is 5.77. The van der Waals surface area contributed by atoms with Crippen molar-refractivity contribution in [2.24, 2.45) is 0 Å². The fourth-order valence-electron chi connectivity index (χ4n) is 3.03. The first-order valence-electron chi connectivity index (χ1n) is 9.27. The number of thiazole rings is 1. The van der Waals surface area contributed by atoms with E-state index in [0.717, 1.165) is 22.0 Å². The van der Waals surface area contributed by atoms with Gasteiger partial charge >= 0.3 is 0 Å². The Kier molecular flexibility index (Phi) is 5.79. The quantitative estimate of drug-likeness (QED) is 0.391. The van der Waals surface area contributed by atoms with Crippen molar-refractivity contribution in [2.45, 2.75) is 13.5 Å². The van der Waals surface area contributed by atoms with Crippen LogP contribution in [0, 0.1) is 0 Å². The topological polar surface area (TPSA) is 64.0 Å². The molecule has 0 radical (unpaired) electrons. The van der Waals surface area contributed by atoms with Gasteiger partial charge in [-0.15, -0.1) is 11.3 Å². The number of anilines is 1. The van der Waals surface area contributed by atoms with E-state index < -0.39 is 0 Å². The molecule has 0 atom stereocenters. The molecule has 0 aliphatic rings.